The number of hydrogen-bond donors (Lipinski definition) is 0. The van der Waals surface area contributed by atoms with Crippen molar-refractivity contribution >= 4 is 21.9 Å². The average Bonchev–Trinajstić information content (AvgIpc) is 2.61. The standard InChI is InChI=1S/C19H14BrNO2/c20-16-11-5-4-10-15(16)19(22)23-18(14-8-2-1-3-9-14)17-12-6-7-13-21-17/h1-13,18H. The largest absolute Gasteiger partial charge is 0.447 e. The Kier molecular flexibility index (Phi) is 4.83. The lowest BCUT2D eigenvalue weighted by Crippen LogP contribution is -2.14. The highest BCUT2D eigenvalue weighted by Crippen LogP contribution is 2.27. The summed E-state index contributed by atoms with van der Waals surface area (Å²) in [4.78, 5) is 16.9. The highest BCUT2D eigenvalue weighted by Gasteiger charge is 2.22. The van der Waals surface area contributed by atoms with Crippen LogP contribution in [0.5, 0.6) is 0 Å². The van der Waals surface area contributed by atoms with E-state index in [-0.39, 0.29) is 0 Å². The maximum absolute atomic E-state index is 12.5. The van der Waals surface area contributed by atoms with Crippen LogP contribution in [0, 0.1) is 0 Å². The van der Waals surface area contributed by atoms with Crippen molar-refractivity contribution in [2.45, 2.75) is 6.10 Å². The van der Waals surface area contributed by atoms with Crippen molar-refractivity contribution in [1.29, 1.82) is 0 Å². The first kappa shape index (κ1) is 15.4. The third-order valence-electron chi connectivity index (χ3n) is 3.38. The molecule has 0 spiro atoms. The van der Waals surface area contributed by atoms with Gasteiger partial charge in [0.1, 0.15) is 0 Å². The summed E-state index contributed by atoms with van der Waals surface area (Å²) >= 11 is 3.38. The van der Waals surface area contributed by atoms with Crippen LogP contribution < -0.4 is 0 Å². The van der Waals surface area contributed by atoms with E-state index in [0.29, 0.717) is 15.7 Å². The molecule has 0 saturated carbocycles. The number of ether oxygens (including phenoxy) is 1. The monoisotopic (exact) mass is 367 g/mol. The highest BCUT2D eigenvalue weighted by atomic mass is 79.9. The van der Waals surface area contributed by atoms with Crippen LogP contribution in [0.1, 0.15) is 27.7 Å². The summed E-state index contributed by atoms with van der Waals surface area (Å²) < 4.78 is 6.46. The highest BCUT2D eigenvalue weighted by molar-refractivity contribution is 9.10. The van der Waals surface area contributed by atoms with Crippen LogP contribution in [0.15, 0.2) is 83.5 Å². The van der Waals surface area contributed by atoms with Crippen molar-refractivity contribution in [2.75, 3.05) is 0 Å². The Morgan fingerprint density at radius 3 is 2.30 bits per heavy atom. The molecule has 3 nitrogen and oxygen atoms in total. The number of hydrogen-bond acceptors (Lipinski definition) is 3. The van der Waals surface area contributed by atoms with Crippen molar-refractivity contribution in [1.82, 2.24) is 4.98 Å². The van der Waals surface area contributed by atoms with E-state index in [1.54, 1.807) is 18.3 Å². The maximum Gasteiger partial charge on any atom is 0.340 e. The quantitative estimate of drug-likeness (QED) is 0.622. The van der Waals surface area contributed by atoms with Gasteiger partial charge in [0.2, 0.25) is 0 Å². The van der Waals surface area contributed by atoms with Gasteiger partial charge in [-0.25, -0.2) is 4.79 Å². The number of nitrogens with zero attached hydrogens (tertiary/aromatic N) is 1. The molecule has 3 rings (SSSR count). The summed E-state index contributed by atoms with van der Waals surface area (Å²) in [7, 11) is 0. The van der Waals surface area contributed by atoms with Crippen LogP contribution in [0.4, 0.5) is 0 Å². The van der Waals surface area contributed by atoms with Gasteiger partial charge < -0.3 is 4.74 Å². The molecule has 0 bridgehead atoms. The third-order valence-corrected chi connectivity index (χ3v) is 4.07. The molecule has 0 saturated heterocycles. The Bertz CT molecular complexity index is 751. The molecular weight excluding hydrogens is 354 g/mol. The normalized spacial score (nSPS) is 11.7. The molecule has 1 unspecified atom stereocenters. The smallest absolute Gasteiger partial charge is 0.340 e. The molecule has 1 aromatic heterocycles. The summed E-state index contributed by atoms with van der Waals surface area (Å²) in [5.74, 6) is -0.392. The summed E-state index contributed by atoms with van der Waals surface area (Å²) in [5.41, 5.74) is 2.06. The molecule has 0 fully saturated rings. The van der Waals surface area contributed by atoms with Crippen LogP contribution in [0.25, 0.3) is 0 Å². The molecule has 0 N–H and O–H groups in total. The van der Waals surface area contributed by atoms with Gasteiger partial charge in [-0.2, -0.15) is 0 Å². The SMILES string of the molecule is O=C(OC(c1ccccc1)c1ccccn1)c1ccccc1Br. The van der Waals surface area contributed by atoms with Crippen LogP contribution in [-0.4, -0.2) is 11.0 Å². The third kappa shape index (κ3) is 3.66. The molecule has 23 heavy (non-hydrogen) atoms. The molecular formula is C19H14BrNO2. The Morgan fingerprint density at radius 1 is 0.913 bits per heavy atom. The zero-order valence-electron chi connectivity index (χ0n) is 12.2. The van der Waals surface area contributed by atoms with E-state index < -0.39 is 12.1 Å². The predicted octanol–water partition coefficient (Wildman–Crippen LogP) is 4.79. The summed E-state index contributed by atoms with van der Waals surface area (Å²) in [6.45, 7) is 0. The zero-order valence-corrected chi connectivity index (χ0v) is 13.8. The molecule has 0 aliphatic carbocycles. The second kappa shape index (κ2) is 7.20. The average molecular weight is 368 g/mol. The molecule has 0 amide bonds. The first-order valence-electron chi connectivity index (χ1n) is 7.17. The van der Waals surface area contributed by atoms with Gasteiger partial charge in [0.15, 0.2) is 6.10 Å². The van der Waals surface area contributed by atoms with Crippen molar-refractivity contribution in [2.24, 2.45) is 0 Å². The van der Waals surface area contributed by atoms with E-state index in [1.165, 1.54) is 0 Å². The Labute approximate surface area is 143 Å². The van der Waals surface area contributed by atoms with Crippen molar-refractivity contribution in [3.8, 4) is 0 Å². The van der Waals surface area contributed by atoms with Gasteiger partial charge in [0, 0.05) is 10.7 Å². The second-order valence-corrected chi connectivity index (χ2v) is 5.78. The molecule has 1 atom stereocenters. The van der Waals surface area contributed by atoms with Gasteiger partial charge in [-0.15, -0.1) is 0 Å². The van der Waals surface area contributed by atoms with Crippen molar-refractivity contribution < 1.29 is 9.53 Å². The number of rotatable bonds is 4. The first-order valence-corrected chi connectivity index (χ1v) is 7.96. The van der Waals surface area contributed by atoms with Crippen LogP contribution in [-0.2, 0) is 4.74 Å². The van der Waals surface area contributed by atoms with E-state index in [0.717, 1.165) is 5.56 Å². The van der Waals surface area contributed by atoms with E-state index in [1.807, 2.05) is 60.7 Å². The van der Waals surface area contributed by atoms with E-state index in [4.69, 9.17) is 4.74 Å². The number of carbonyl (C=O) groups excluding carboxylic acids is 1. The molecule has 0 aliphatic heterocycles. The number of pyridine rings is 1. The Hall–Kier alpha value is -2.46. The van der Waals surface area contributed by atoms with Gasteiger partial charge in [0.25, 0.3) is 0 Å². The van der Waals surface area contributed by atoms with Crippen LogP contribution >= 0.6 is 15.9 Å². The number of carbonyl (C=O) groups is 1. The first-order chi connectivity index (χ1) is 11.3. The molecule has 0 aliphatic rings. The van der Waals surface area contributed by atoms with Crippen LogP contribution in [0.2, 0.25) is 0 Å². The second-order valence-electron chi connectivity index (χ2n) is 4.93. The lowest BCUT2D eigenvalue weighted by molar-refractivity contribution is 0.0369. The summed E-state index contributed by atoms with van der Waals surface area (Å²) in [6.07, 6.45) is 1.15. The predicted molar refractivity (Wildman–Crippen MR) is 92.1 cm³/mol. The molecule has 3 aromatic rings. The van der Waals surface area contributed by atoms with Gasteiger partial charge >= 0.3 is 5.97 Å². The van der Waals surface area contributed by atoms with Crippen molar-refractivity contribution in [3.63, 3.8) is 0 Å². The van der Waals surface area contributed by atoms with E-state index >= 15 is 0 Å². The van der Waals surface area contributed by atoms with Gasteiger partial charge in [-0.05, 0) is 45.8 Å². The summed E-state index contributed by atoms with van der Waals surface area (Å²) in [5, 5.41) is 0. The maximum atomic E-state index is 12.5. The molecule has 2 aromatic carbocycles. The minimum atomic E-state index is -0.544. The topological polar surface area (TPSA) is 39.2 Å². The van der Waals surface area contributed by atoms with Gasteiger partial charge in [-0.1, -0.05) is 48.5 Å². The minimum absolute atomic E-state index is 0.392. The van der Waals surface area contributed by atoms with E-state index in [2.05, 4.69) is 20.9 Å². The van der Waals surface area contributed by atoms with Gasteiger partial charge in [-0.3, -0.25) is 4.98 Å². The Balaban J connectivity index is 1.94. The number of halogens is 1. The number of aromatic nitrogens is 1. The number of esters is 1. The fourth-order valence-electron chi connectivity index (χ4n) is 2.26. The fourth-order valence-corrected chi connectivity index (χ4v) is 2.70. The molecule has 1 heterocycles. The molecule has 4 heteroatoms. The fraction of sp³-hybridized carbons (Fsp3) is 0.0526. The van der Waals surface area contributed by atoms with Gasteiger partial charge in [0.05, 0.1) is 11.3 Å². The lowest BCUT2D eigenvalue weighted by atomic mass is 10.1. The summed E-state index contributed by atoms with van der Waals surface area (Å²) in [6, 6.07) is 22.4. The van der Waals surface area contributed by atoms with Crippen LogP contribution in [0.3, 0.4) is 0 Å². The lowest BCUT2D eigenvalue weighted by Gasteiger charge is -2.18. The Morgan fingerprint density at radius 2 is 1.61 bits per heavy atom. The zero-order chi connectivity index (χ0) is 16.1. The molecule has 114 valence electrons. The molecule has 0 radical (unpaired) electrons. The number of benzene rings is 2. The minimum Gasteiger partial charge on any atom is -0.447 e. The van der Waals surface area contributed by atoms with Crippen molar-refractivity contribution in [3.05, 3.63) is 100 Å². The van der Waals surface area contributed by atoms with E-state index in [9.17, 15) is 4.79 Å².